The SMILES string of the molecule is CCCNC(c1csc(Br)c1)c1cc(Br)c(C)s1. The molecule has 0 radical (unpaired) electrons. The first kappa shape index (κ1) is 14.7. The average Bonchev–Trinajstić information content (AvgIpc) is 2.88. The van der Waals surface area contributed by atoms with Crippen molar-refractivity contribution in [3.8, 4) is 0 Å². The molecule has 2 aromatic heterocycles. The Balaban J connectivity index is 2.30. The lowest BCUT2D eigenvalue weighted by atomic mass is 10.1. The van der Waals surface area contributed by atoms with Crippen molar-refractivity contribution in [3.05, 3.63) is 41.1 Å². The Morgan fingerprint density at radius 1 is 1.33 bits per heavy atom. The third-order valence-electron chi connectivity index (χ3n) is 2.68. The fraction of sp³-hybridized carbons (Fsp3) is 0.385. The van der Waals surface area contributed by atoms with Crippen molar-refractivity contribution in [3.63, 3.8) is 0 Å². The molecule has 1 atom stereocenters. The Morgan fingerprint density at radius 3 is 2.61 bits per heavy atom. The zero-order chi connectivity index (χ0) is 13.1. The molecule has 98 valence electrons. The molecule has 2 rings (SSSR count). The minimum atomic E-state index is 0.308. The molecular formula is C13H15Br2NS2. The van der Waals surface area contributed by atoms with Crippen molar-refractivity contribution in [1.29, 1.82) is 0 Å². The zero-order valence-electron chi connectivity index (χ0n) is 10.3. The summed E-state index contributed by atoms with van der Waals surface area (Å²) in [7, 11) is 0. The van der Waals surface area contributed by atoms with E-state index in [1.54, 1.807) is 11.3 Å². The molecule has 1 unspecified atom stereocenters. The van der Waals surface area contributed by atoms with Crippen LogP contribution in [-0.4, -0.2) is 6.54 Å². The summed E-state index contributed by atoms with van der Waals surface area (Å²) in [6.07, 6.45) is 1.15. The highest BCUT2D eigenvalue weighted by Crippen LogP contribution is 2.36. The lowest BCUT2D eigenvalue weighted by Gasteiger charge is -2.15. The van der Waals surface area contributed by atoms with Crippen LogP contribution in [0.4, 0.5) is 0 Å². The Labute approximate surface area is 133 Å². The summed E-state index contributed by atoms with van der Waals surface area (Å²) in [5, 5.41) is 5.85. The first-order chi connectivity index (χ1) is 8.61. The average molecular weight is 409 g/mol. The molecule has 0 aliphatic heterocycles. The van der Waals surface area contributed by atoms with Crippen LogP contribution in [0.5, 0.6) is 0 Å². The molecule has 1 nitrogen and oxygen atoms in total. The second kappa shape index (κ2) is 6.66. The van der Waals surface area contributed by atoms with Crippen LogP contribution >= 0.6 is 54.5 Å². The molecule has 0 aliphatic rings. The number of aryl methyl sites for hydroxylation is 1. The summed E-state index contributed by atoms with van der Waals surface area (Å²) >= 11 is 10.8. The molecular weight excluding hydrogens is 394 g/mol. The van der Waals surface area contributed by atoms with E-state index < -0.39 is 0 Å². The van der Waals surface area contributed by atoms with Crippen LogP contribution in [0.15, 0.2) is 25.8 Å². The molecule has 0 aliphatic carbocycles. The lowest BCUT2D eigenvalue weighted by Crippen LogP contribution is -2.21. The standard InChI is InChI=1S/C13H15Br2NS2/c1-3-4-16-13(9-5-12(15)17-7-9)11-6-10(14)8(2)18-11/h5-7,13,16H,3-4H2,1-2H3. The van der Waals surface area contributed by atoms with Gasteiger partial charge in [0.25, 0.3) is 0 Å². The Hall–Kier alpha value is 0.320. The third-order valence-corrected chi connectivity index (χ3v) is 6.40. The molecule has 0 aromatic carbocycles. The molecule has 0 amide bonds. The van der Waals surface area contributed by atoms with Crippen LogP contribution in [0.25, 0.3) is 0 Å². The third kappa shape index (κ3) is 3.45. The van der Waals surface area contributed by atoms with Gasteiger partial charge in [-0.3, -0.25) is 0 Å². The van der Waals surface area contributed by atoms with Crippen molar-refractivity contribution in [2.45, 2.75) is 26.3 Å². The van der Waals surface area contributed by atoms with Gasteiger partial charge in [0.2, 0.25) is 0 Å². The Morgan fingerprint density at radius 2 is 2.11 bits per heavy atom. The molecule has 5 heteroatoms. The smallest absolute Gasteiger partial charge is 0.0701 e. The van der Waals surface area contributed by atoms with Gasteiger partial charge in [-0.15, -0.1) is 22.7 Å². The number of rotatable bonds is 5. The van der Waals surface area contributed by atoms with Crippen LogP contribution in [-0.2, 0) is 0 Å². The fourth-order valence-electron chi connectivity index (χ4n) is 1.77. The number of thiophene rings is 2. The van der Waals surface area contributed by atoms with E-state index in [0.717, 1.165) is 13.0 Å². The van der Waals surface area contributed by atoms with Crippen molar-refractivity contribution in [2.75, 3.05) is 6.54 Å². The number of hydrogen-bond donors (Lipinski definition) is 1. The fourth-order valence-corrected chi connectivity index (χ4v) is 4.64. The lowest BCUT2D eigenvalue weighted by molar-refractivity contribution is 0.607. The Bertz CT molecular complexity index is 499. The number of nitrogens with one attached hydrogen (secondary N) is 1. The maximum Gasteiger partial charge on any atom is 0.0701 e. The highest BCUT2D eigenvalue weighted by molar-refractivity contribution is 9.11. The second-order valence-electron chi connectivity index (χ2n) is 4.12. The van der Waals surface area contributed by atoms with E-state index >= 15 is 0 Å². The predicted octanol–water partition coefficient (Wildman–Crippen LogP) is 5.73. The van der Waals surface area contributed by atoms with Crippen LogP contribution in [0.3, 0.4) is 0 Å². The van der Waals surface area contributed by atoms with E-state index in [2.05, 4.69) is 68.5 Å². The summed E-state index contributed by atoms with van der Waals surface area (Å²) in [4.78, 5) is 2.71. The maximum atomic E-state index is 3.63. The van der Waals surface area contributed by atoms with Crippen LogP contribution in [0, 0.1) is 6.92 Å². The number of hydrogen-bond acceptors (Lipinski definition) is 3. The molecule has 0 spiro atoms. The van der Waals surface area contributed by atoms with Gasteiger partial charge in [0.15, 0.2) is 0 Å². The summed E-state index contributed by atoms with van der Waals surface area (Å²) < 4.78 is 2.40. The zero-order valence-corrected chi connectivity index (χ0v) is 15.1. The molecule has 2 heterocycles. The van der Waals surface area contributed by atoms with Gasteiger partial charge in [-0.25, -0.2) is 0 Å². The van der Waals surface area contributed by atoms with E-state index in [-0.39, 0.29) is 0 Å². The predicted molar refractivity (Wildman–Crippen MR) is 88.9 cm³/mol. The largest absolute Gasteiger partial charge is 0.306 e. The quantitative estimate of drug-likeness (QED) is 0.665. The van der Waals surface area contributed by atoms with Crippen LogP contribution in [0.2, 0.25) is 0 Å². The maximum absolute atomic E-state index is 3.63. The van der Waals surface area contributed by atoms with Gasteiger partial charge in [-0.2, -0.15) is 0 Å². The van der Waals surface area contributed by atoms with Gasteiger partial charge in [-0.05, 0) is 74.8 Å². The highest BCUT2D eigenvalue weighted by atomic mass is 79.9. The van der Waals surface area contributed by atoms with Gasteiger partial charge >= 0.3 is 0 Å². The van der Waals surface area contributed by atoms with E-state index in [1.807, 2.05) is 11.3 Å². The first-order valence-corrected chi connectivity index (χ1v) is 9.13. The molecule has 0 saturated heterocycles. The van der Waals surface area contributed by atoms with Gasteiger partial charge in [0.05, 0.1) is 9.83 Å². The van der Waals surface area contributed by atoms with E-state index in [9.17, 15) is 0 Å². The van der Waals surface area contributed by atoms with E-state index in [4.69, 9.17) is 0 Å². The van der Waals surface area contributed by atoms with Crippen LogP contribution in [0.1, 0.15) is 34.7 Å². The molecule has 0 saturated carbocycles. The van der Waals surface area contributed by atoms with Gasteiger partial charge in [0.1, 0.15) is 0 Å². The summed E-state index contributed by atoms with van der Waals surface area (Å²) in [5.41, 5.74) is 1.34. The monoisotopic (exact) mass is 407 g/mol. The van der Waals surface area contributed by atoms with Crippen molar-refractivity contribution in [1.82, 2.24) is 5.32 Å². The van der Waals surface area contributed by atoms with Crippen molar-refractivity contribution >= 4 is 54.5 Å². The van der Waals surface area contributed by atoms with E-state index in [1.165, 1.54) is 23.6 Å². The summed E-state index contributed by atoms with van der Waals surface area (Å²) in [5.74, 6) is 0. The molecule has 0 fully saturated rings. The van der Waals surface area contributed by atoms with Crippen molar-refractivity contribution in [2.24, 2.45) is 0 Å². The molecule has 18 heavy (non-hydrogen) atoms. The number of halogens is 2. The second-order valence-corrected chi connectivity index (χ2v) is 8.56. The topological polar surface area (TPSA) is 12.0 Å². The van der Waals surface area contributed by atoms with Crippen molar-refractivity contribution < 1.29 is 0 Å². The summed E-state index contributed by atoms with van der Waals surface area (Å²) in [6.45, 7) is 5.38. The minimum absolute atomic E-state index is 0.308. The molecule has 0 bridgehead atoms. The normalized spacial score (nSPS) is 12.9. The van der Waals surface area contributed by atoms with E-state index in [0.29, 0.717) is 6.04 Å². The molecule has 1 N–H and O–H groups in total. The summed E-state index contributed by atoms with van der Waals surface area (Å²) in [6, 6.07) is 4.75. The molecule has 2 aromatic rings. The van der Waals surface area contributed by atoms with Gasteiger partial charge in [0, 0.05) is 14.2 Å². The minimum Gasteiger partial charge on any atom is -0.306 e. The van der Waals surface area contributed by atoms with Gasteiger partial charge in [-0.1, -0.05) is 6.92 Å². The Kier molecular flexibility index (Phi) is 5.45. The first-order valence-electron chi connectivity index (χ1n) is 5.85. The highest BCUT2D eigenvalue weighted by Gasteiger charge is 2.18. The van der Waals surface area contributed by atoms with Gasteiger partial charge < -0.3 is 5.32 Å². The van der Waals surface area contributed by atoms with Crippen LogP contribution < -0.4 is 5.32 Å².